The van der Waals surface area contributed by atoms with Gasteiger partial charge in [-0.2, -0.15) is 0 Å². The van der Waals surface area contributed by atoms with Crippen molar-refractivity contribution in [2.24, 2.45) is 5.73 Å². The molecule has 2 N–H and O–H groups in total. The van der Waals surface area contributed by atoms with E-state index in [-0.39, 0.29) is 18.0 Å². The quantitative estimate of drug-likeness (QED) is 0.849. The number of carbonyl (C=O) groups excluding carboxylic acids is 1. The zero-order valence-electron chi connectivity index (χ0n) is 10.8. The topological polar surface area (TPSA) is 46.3 Å². The molecule has 1 aliphatic heterocycles. The third-order valence-electron chi connectivity index (χ3n) is 3.69. The van der Waals surface area contributed by atoms with Crippen LogP contribution in [0.25, 0.3) is 0 Å². The third-order valence-corrected chi connectivity index (χ3v) is 3.93. The lowest BCUT2D eigenvalue weighted by Gasteiger charge is -2.32. The van der Waals surface area contributed by atoms with Crippen LogP contribution in [0.5, 0.6) is 0 Å². The average molecular weight is 267 g/mol. The van der Waals surface area contributed by atoms with Crippen LogP contribution in [0.15, 0.2) is 18.2 Å². The summed E-state index contributed by atoms with van der Waals surface area (Å²) in [5.41, 5.74) is 8.43. The van der Waals surface area contributed by atoms with E-state index in [1.54, 1.807) is 4.90 Å². The first-order chi connectivity index (χ1) is 8.50. The maximum Gasteiger partial charge on any atom is 0.222 e. The van der Waals surface area contributed by atoms with Crippen molar-refractivity contribution in [3.05, 3.63) is 34.3 Å². The lowest BCUT2D eigenvalue weighted by molar-refractivity contribution is -0.131. The second kappa shape index (κ2) is 5.29. The number of nitrogens with two attached hydrogens (primary N) is 1. The molecule has 2 rings (SSSR count). The molecule has 3 nitrogen and oxygen atoms in total. The lowest BCUT2D eigenvalue weighted by Crippen LogP contribution is -2.40. The van der Waals surface area contributed by atoms with Crippen molar-refractivity contribution in [2.75, 3.05) is 7.05 Å². The van der Waals surface area contributed by atoms with Crippen molar-refractivity contribution in [1.29, 1.82) is 0 Å². The van der Waals surface area contributed by atoms with Gasteiger partial charge in [-0.1, -0.05) is 17.7 Å². The fourth-order valence-electron chi connectivity index (χ4n) is 2.68. The predicted molar refractivity (Wildman–Crippen MR) is 73.5 cm³/mol. The van der Waals surface area contributed by atoms with Crippen LogP contribution in [0.3, 0.4) is 0 Å². The number of rotatable bonds is 1. The Kier molecular flexibility index (Phi) is 3.93. The van der Waals surface area contributed by atoms with E-state index in [0.29, 0.717) is 11.4 Å². The van der Waals surface area contributed by atoms with Gasteiger partial charge >= 0.3 is 0 Å². The lowest BCUT2D eigenvalue weighted by atomic mass is 9.93. The molecule has 1 amide bonds. The van der Waals surface area contributed by atoms with E-state index in [4.69, 9.17) is 17.3 Å². The van der Waals surface area contributed by atoms with Crippen LogP contribution in [-0.4, -0.2) is 23.9 Å². The zero-order valence-corrected chi connectivity index (χ0v) is 11.6. The Morgan fingerprint density at radius 2 is 2.17 bits per heavy atom. The number of hydrogen-bond donors (Lipinski definition) is 1. The van der Waals surface area contributed by atoms with Crippen LogP contribution in [0.4, 0.5) is 0 Å². The van der Waals surface area contributed by atoms with E-state index in [1.165, 1.54) is 0 Å². The standard InChI is InChI=1S/C14H19ClN2O/c1-9-8-10(15)6-7-11(9)14-12(16)4-3-5-13(18)17(14)2/h6-8,12,14H,3-5,16H2,1-2H3. The molecular formula is C14H19ClN2O. The first kappa shape index (κ1) is 13.4. The summed E-state index contributed by atoms with van der Waals surface area (Å²) in [5, 5.41) is 0.715. The summed E-state index contributed by atoms with van der Waals surface area (Å²) in [6, 6.07) is 5.71. The molecular weight excluding hydrogens is 248 g/mol. The molecule has 0 saturated carbocycles. The molecule has 0 aromatic heterocycles. The molecule has 2 atom stereocenters. The fraction of sp³-hybridized carbons (Fsp3) is 0.500. The normalized spacial score (nSPS) is 25.1. The molecule has 1 aromatic rings. The molecule has 1 heterocycles. The smallest absolute Gasteiger partial charge is 0.222 e. The number of nitrogens with zero attached hydrogens (tertiary/aromatic N) is 1. The van der Waals surface area contributed by atoms with Crippen LogP contribution in [0.2, 0.25) is 5.02 Å². The molecule has 1 aromatic carbocycles. The Hall–Kier alpha value is -1.06. The van der Waals surface area contributed by atoms with Gasteiger partial charge in [0, 0.05) is 24.5 Å². The Labute approximate surface area is 113 Å². The molecule has 1 aliphatic rings. The summed E-state index contributed by atoms with van der Waals surface area (Å²) < 4.78 is 0. The molecule has 0 bridgehead atoms. The van der Waals surface area contributed by atoms with Crippen molar-refractivity contribution >= 4 is 17.5 Å². The van der Waals surface area contributed by atoms with Crippen LogP contribution in [0, 0.1) is 6.92 Å². The molecule has 1 saturated heterocycles. The van der Waals surface area contributed by atoms with E-state index in [1.807, 2.05) is 32.2 Å². The number of benzene rings is 1. The monoisotopic (exact) mass is 266 g/mol. The highest BCUT2D eigenvalue weighted by Crippen LogP contribution is 2.31. The molecule has 0 spiro atoms. The highest BCUT2D eigenvalue weighted by atomic mass is 35.5. The first-order valence-corrected chi connectivity index (χ1v) is 6.66. The number of likely N-dealkylation sites (tertiary alicyclic amines) is 1. The molecule has 4 heteroatoms. The fourth-order valence-corrected chi connectivity index (χ4v) is 2.90. The van der Waals surface area contributed by atoms with Crippen molar-refractivity contribution in [3.63, 3.8) is 0 Å². The SMILES string of the molecule is Cc1cc(Cl)ccc1C1C(N)CCCC(=O)N1C. The van der Waals surface area contributed by atoms with Crippen molar-refractivity contribution < 1.29 is 4.79 Å². The largest absolute Gasteiger partial charge is 0.337 e. The highest BCUT2D eigenvalue weighted by molar-refractivity contribution is 6.30. The van der Waals surface area contributed by atoms with Gasteiger partial charge in [0.2, 0.25) is 5.91 Å². The van der Waals surface area contributed by atoms with Crippen LogP contribution >= 0.6 is 11.6 Å². The Morgan fingerprint density at radius 3 is 2.83 bits per heavy atom. The van der Waals surface area contributed by atoms with Crippen molar-refractivity contribution in [2.45, 2.75) is 38.3 Å². The minimum atomic E-state index is -0.0442. The van der Waals surface area contributed by atoms with E-state index < -0.39 is 0 Å². The summed E-state index contributed by atoms with van der Waals surface area (Å²) in [5.74, 6) is 0.169. The predicted octanol–water partition coefficient (Wildman–Crippen LogP) is 2.66. The van der Waals surface area contributed by atoms with Gasteiger partial charge in [-0.05, 0) is 43.0 Å². The average Bonchev–Trinajstić information content (AvgIpc) is 2.42. The first-order valence-electron chi connectivity index (χ1n) is 6.28. The molecule has 98 valence electrons. The van der Waals surface area contributed by atoms with E-state index in [2.05, 4.69) is 0 Å². The summed E-state index contributed by atoms with van der Waals surface area (Å²) >= 11 is 5.98. The van der Waals surface area contributed by atoms with Gasteiger partial charge in [0.1, 0.15) is 0 Å². The van der Waals surface area contributed by atoms with E-state index >= 15 is 0 Å². The van der Waals surface area contributed by atoms with Crippen LogP contribution < -0.4 is 5.73 Å². The minimum Gasteiger partial charge on any atom is -0.337 e. The van der Waals surface area contributed by atoms with Gasteiger partial charge in [-0.15, -0.1) is 0 Å². The van der Waals surface area contributed by atoms with E-state index in [0.717, 1.165) is 24.0 Å². The highest BCUT2D eigenvalue weighted by Gasteiger charge is 2.31. The number of carbonyl (C=O) groups is 1. The van der Waals surface area contributed by atoms with Gasteiger partial charge < -0.3 is 10.6 Å². The third kappa shape index (κ3) is 2.52. The second-order valence-electron chi connectivity index (χ2n) is 5.01. The van der Waals surface area contributed by atoms with Crippen molar-refractivity contribution in [3.8, 4) is 0 Å². The van der Waals surface area contributed by atoms with Crippen LogP contribution in [0.1, 0.15) is 36.4 Å². The minimum absolute atomic E-state index is 0.0127. The van der Waals surface area contributed by atoms with E-state index in [9.17, 15) is 4.79 Å². The molecule has 2 unspecified atom stereocenters. The Bertz CT molecular complexity index is 461. The van der Waals surface area contributed by atoms with Gasteiger partial charge in [-0.25, -0.2) is 0 Å². The number of aryl methyl sites for hydroxylation is 1. The maximum absolute atomic E-state index is 12.0. The van der Waals surface area contributed by atoms with Gasteiger partial charge in [0.15, 0.2) is 0 Å². The summed E-state index contributed by atoms with van der Waals surface area (Å²) in [4.78, 5) is 13.8. The number of halogens is 1. The summed E-state index contributed by atoms with van der Waals surface area (Å²) in [6.07, 6.45) is 2.34. The molecule has 1 fully saturated rings. The summed E-state index contributed by atoms with van der Waals surface area (Å²) in [7, 11) is 1.84. The number of likely N-dealkylation sites (N-methyl/N-ethyl adjacent to an activating group) is 1. The van der Waals surface area contributed by atoms with Gasteiger partial charge in [0.05, 0.1) is 6.04 Å². The Morgan fingerprint density at radius 1 is 1.44 bits per heavy atom. The van der Waals surface area contributed by atoms with Gasteiger partial charge in [-0.3, -0.25) is 4.79 Å². The molecule has 18 heavy (non-hydrogen) atoms. The number of amides is 1. The summed E-state index contributed by atoms with van der Waals surface area (Å²) in [6.45, 7) is 2.01. The Balaban J connectivity index is 2.41. The molecule has 0 aliphatic carbocycles. The zero-order chi connectivity index (χ0) is 13.3. The number of hydrogen-bond acceptors (Lipinski definition) is 2. The molecule has 0 radical (unpaired) electrons. The van der Waals surface area contributed by atoms with Gasteiger partial charge in [0.25, 0.3) is 0 Å². The maximum atomic E-state index is 12.0. The second-order valence-corrected chi connectivity index (χ2v) is 5.44. The van der Waals surface area contributed by atoms with Crippen LogP contribution in [-0.2, 0) is 4.79 Å². The van der Waals surface area contributed by atoms with Crippen molar-refractivity contribution in [1.82, 2.24) is 4.90 Å².